The second-order valence-corrected chi connectivity index (χ2v) is 7.82. The minimum absolute atomic E-state index is 0.000877. The Bertz CT molecular complexity index is 962. The summed E-state index contributed by atoms with van der Waals surface area (Å²) in [5.41, 5.74) is 2.97. The molecule has 8 heteroatoms. The van der Waals surface area contributed by atoms with Crippen molar-refractivity contribution in [2.75, 3.05) is 31.6 Å². The van der Waals surface area contributed by atoms with Crippen molar-refractivity contribution in [1.29, 1.82) is 0 Å². The van der Waals surface area contributed by atoms with Crippen LogP contribution in [0.4, 0.5) is 5.69 Å². The third-order valence-corrected chi connectivity index (χ3v) is 5.27. The number of aromatic nitrogens is 3. The molecule has 0 unspecified atom stereocenters. The molecule has 0 bridgehead atoms. The number of carbonyl (C=O) groups excluding carboxylic acids is 1. The summed E-state index contributed by atoms with van der Waals surface area (Å²) in [6.45, 7) is 8.03. The molecule has 1 amide bonds. The molecule has 0 atom stereocenters. The van der Waals surface area contributed by atoms with Crippen molar-refractivity contribution in [2.45, 2.75) is 39.3 Å². The van der Waals surface area contributed by atoms with Crippen molar-refractivity contribution in [2.24, 2.45) is 0 Å². The van der Waals surface area contributed by atoms with Crippen LogP contribution in [-0.4, -0.2) is 64.5 Å². The van der Waals surface area contributed by atoms with Crippen molar-refractivity contribution in [1.82, 2.24) is 25.2 Å². The zero-order chi connectivity index (χ0) is 21.7. The molecule has 0 spiro atoms. The van der Waals surface area contributed by atoms with Crippen LogP contribution < -0.4 is 15.8 Å². The number of likely N-dealkylation sites (N-methyl/N-ethyl adjacent to an activating group) is 1. The predicted octanol–water partition coefficient (Wildman–Crippen LogP) is 1.60. The molecule has 0 aliphatic carbocycles. The minimum atomic E-state index is -0.157. The van der Waals surface area contributed by atoms with E-state index in [4.69, 9.17) is 0 Å². The molecule has 160 valence electrons. The van der Waals surface area contributed by atoms with Gasteiger partial charge < -0.3 is 20.1 Å². The maximum atomic E-state index is 12.4. The highest BCUT2D eigenvalue weighted by molar-refractivity contribution is 5.88. The first kappa shape index (κ1) is 21.7. The highest BCUT2D eigenvalue weighted by atomic mass is 16.2. The van der Waals surface area contributed by atoms with Gasteiger partial charge >= 0.3 is 0 Å². The smallest absolute Gasteiger partial charge is 0.271 e. The monoisotopic (exact) mass is 410 g/mol. The molecule has 0 radical (unpaired) electrons. The van der Waals surface area contributed by atoms with E-state index in [1.165, 1.54) is 0 Å². The Morgan fingerprint density at radius 2 is 2.13 bits per heavy atom. The largest absolute Gasteiger partial charge is 0.364 e. The van der Waals surface area contributed by atoms with Crippen LogP contribution in [0, 0.1) is 0 Å². The fraction of sp³-hybridized carbons (Fsp3) is 0.455. The molecule has 0 aromatic carbocycles. The van der Waals surface area contributed by atoms with Gasteiger partial charge in [-0.1, -0.05) is 26.8 Å². The Morgan fingerprint density at radius 1 is 1.37 bits per heavy atom. The number of nitrogens with zero attached hydrogens (tertiary/aromatic N) is 4. The van der Waals surface area contributed by atoms with Crippen LogP contribution in [0.1, 0.15) is 26.5 Å². The first-order chi connectivity index (χ1) is 14.4. The summed E-state index contributed by atoms with van der Waals surface area (Å²) in [5, 5.41) is 3.24. The number of hydrogen-bond acceptors (Lipinski definition) is 6. The van der Waals surface area contributed by atoms with Crippen molar-refractivity contribution >= 4 is 11.6 Å². The van der Waals surface area contributed by atoms with Gasteiger partial charge in [-0.25, -0.2) is 9.97 Å². The number of pyridine rings is 1. The molecule has 2 aromatic rings. The van der Waals surface area contributed by atoms with E-state index in [0.29, 0.717) is 31.4 Å². The van der Waals surface area contributed by atoms with Crippen LogP contribution in [0.15, 0.2) is 41.6 Å². The number of H-pyrrole nitrogens is 1. The zero-order valence-corrected chi connectivity index (χ0v) is 18.1. The molecule has 8 nitrogen and oxygen atoms in total. The summed E-state index contributed by atoms with van der Waals surface area (Å²) >= 11 is 0. The van der Waals surface area contributed by atoms with Gasteiger partial charge in [0.25, 0.3) is 5.56 Å². The lowest BCUT2D eigenvalue weighted by Gasteiger charge is -2.44. The SMILES string of the molecule is CCc1cc(-c2c[nH]c(=O)c(N(C)C3CN(C(=O)/C=C/CNC(C)C)C3)c2)ncn1. The van der Waals surface area contributed by atoms with Gasteiger partial charge in [-0.15, -0.1) is 0 Å². The summed E-state index contributed by atoms with van der Waals surface area (Å²) in [6, 6.07) is 4.27. The van der Waals surface area contributed by atoms with E-state index >= 15 is 0 Å². The van der Waals surface area contributed by atoms with Gasteiger partial charge in [0.15, 0.2) is 0 Å². The van der Waals surface area contributed by atoms with Gasteiger partial charge in [0, 0.05) is 56.3 Å². The zero-order valence-electron chi connectivity index (χ0n) is 18.1. The van der Waals surface area contributed by atoms with Crippen LogP contribution in [-0.2, 0) is 11.2 Å². The summed E-state index contributed by atoms with van der Waals surface area (Å²) < 4.78 is 0. The topological polar surface area (TPSA) is 94.2 Å². The highest BCUT2D eigenvalue weighted by Gasteiger charge is 2.33. The maximum Gasteiger partial charge on any atom is 0.271 e. The molecule has 1 aliphatic rings. The Hall–Kier alpha value is -3.00. The van der Waals surface area contributed by atoms with Gasteiger partial charge in [-0.2, -0.15) is 0 Å². The predicted molar refractivity (Wildman–Crippen MR) is 119 cm³/mol. The average Bonchev–Trinajstić information content (AvgIpc) is 2.70. The van der Waals surface area contributed by atoms with Crippen LogP contribution in [0.5, 0.6) is 0 Å². The maximum absolute atomic E-state index is 12.4. The summed E-state index contributed by atoms with van der Waals surface area (Å²) in [6.07, 6.45) is 7.50. The van der Waals surface area contributed by atoms with E-state index in [0.717, 1.165) is 23.4 Å². The number of likely N-dealkylation sites (tertiary alicyclic amines) is 1. The first-order valence-corrected chi connectivity index (χ1v) is 10.3. The molecule has 3 rings (SSSR count). The Balaban J connectivity index is 1.64. The number of aromatic amines is 1. The highest BCUT2D eigenvalue weighted by Crippen LogP contribution is 2.23. The number of aryl methyl sites for hydroxylation is 1. The standard InChI is InChI=1S/C22H30N6O2/c1-5-17-10-19(26-14-25-17)16-9-20(22(30)24-11-16)27(4)18-12-28(13-18)21(29)7-6-8-23-15(2)3/h6-7,9-11,14-15,18,23H,5,8,12-13H2,1-4H3,(H,24,30)/b7-6+. The molecule has 2 N–H and O–H groups in total. The number of carbonyl (C=O) groups is 1. The summed E-state index contributed by atoms with van der Waals surface area (Å²) in [7, 11) is 1.89. The first-order valence-electron chi connectivity index (χ1n) is 10.3. The number of rotatable bonds is 8. The van der Waals surface area contributed by atoms with Crippen LogP contribution >= 0.6 is 0 Å². The molecule has 1 aliphatic heterocycles. The minimum Gasteiger partial charge on any atom is -0.364 e. The summed E-state index contributed by atoms with van der Waals surface area (Å²) in [5.74, 6) is 0.000877. The van der Waals surface area contributed by atoms with Gasteiger partial charge in [0.05, 0.1) is 11.7 Å². The lowest BCUT2D eigenvalue weighted by atomic mass is 10.1. The molecule has 30 heavy (non-hydrogen) atoms. The normalized spacial score (nSPS) is 14.4. The van der Waals surface area contributed by atoms with Crippen LogP contribution in [0.25, 0.3) is 11.3 Å². The van der Waals surface area contributed by atoms with Crippen molar-refractivity contribution in [3.05, 3.63) is 52.9 Å². The van der Waals surface area contributed by atoms with E-state index in [1.54, 1.807) is 23.5 Å². The quantitative estimate of drug-likeness (QED) is 0.642. The van der Waals surface area contributed by atoms with Crippen molar-refractivity contribution in [3.8, 4) is 11.3 Å². The van der Waals surface area contributed by atoms with E-state index < -0.39 is 0 Å². The number of hydrogen-bond donors (Lipinski definition) is 2. The van der Waals surface area contributed by atoms with Gasteiger partial charge in [0.2, 0.25) is 5.91 Å². The lowest BCUT2D eigenvalue weighted by Crippen LogP contribution is -2.60. The molecule has 1 fully saturated rings. The van der Waals surface area contributed by atoms with E-state index in [2.05, 4.69) is 34.1 Å². The van der Waals surface area contributed by atoms with Crippen molar-refractivity contribution < 1.29 is 4.79 Å². The van der Waals surface area contributed by atoms with Gasteiger partial charge in [-0.05, 0) is 18.6 Å². The van der Waals surface area contributed by atoms with E-state index in [1.807, 2.05) is 37.1 Å². The number of anilines is 1. The fourth-order valence-electron chi connectivity index (χ4n) is 3.28. The summed E-state index contributed by atoms with van der Waals surface area (Å²) in [4.78, 5) is 39.8. The fourth-order valence-corrected chi connectivity index (χ4v) is 3.28. The molecule has 2 aromatic heterocycles. The van der Waals surface area contributed by atoms with E-state index in [9.17, 15) is 9.59 Å². The Morgan fingerprint density at radius 3 is 2.83 bits per heavy atom. The van der Waals surface area contributed by atoms with Crippen molar-refractivity contribution in [3.63, 3.8) is 0 Å². The second-order valence-electron chi connectivity index (χ2n) is 7.82. The van der Waals surface area contributed by atoms with Gasteiger partial charge in [0.1, 0.15) is 12.0 Å². The average molecular weight is 411 g/mol. The Kier molecular flexibility index (Phi) is 6.99. The number of amides is 1. The van der Waals surface area contributed by atoms with Crippen LogP contribution in [0.3, 0.4) is 0 Å². The second kappa shape index (κ2) is 9.67. The molecule has 1 saturated heterocycles. The molecular weight excluding hydrogens is 380 g/mol. The van der Waals surface area contributed by atoms with Crippen LogP contribution in [0.2, 0.25) is 0 Å². The van der Waals surface area contributed by atoms with Gasteiger partial charge in [-0.3, -0.25) is 9.59 Å². The Labute approximate surface area is 177 Å². The molecular formula is C22H30N6O2. The molecule has 3 heterocycles. The lowest BCUT2D eigenvalue weighted by molar-refractivity contribution is -0.130. The van der Waals surface area contributed by atoms with E-state index in [-0.39, 0.29) is 17.5 Å². The third kappa shape index (κ3) is 5.13. The molecule has 0 saturated carbocycles. The number of nitrogens with one attached hydrogen (secondary N) is 2. The third-order valence-electron chi connectivity index (χ3n) is 5.27.